The second-order valence-corrected chi connectivity index (χ2v) is 5.25. The Bertz CT molecular complexity index is 602. The number of rotatable bonds is 3. The Morgan fingerprint density at radius 3 is 2.52 bits per heavy atom. The van der Waals surface area contributed by atoms with Crippen LogP contribution in [0.3, 0.4) is 0 Å². The Hall–Kier alpha value is -2.34. The van der Waals surface area contributed by atoms with Crippen LogP contribution in [0.25, 0.3) is 0 Å². The van der Waals surface area contributed by atoms with Crippen LogP contribution in [0.1, 0.15) is 16.1 Å². The molecular weight excluding hydrogens is 266 g/mol. The molecule has 2 heterocycles. The Morgan fingerprint density at radius 2 is 1.90 bits per heavy atom. The standard InChI is InChI=1S/C15H19N5O/c16-13-10-17-18-14(13)15(21)20-8-6-19(7-9-20)11-12-4-2-1-3-5-12/h1-5,10H,6-9,11,16H2,(H,17,18). The van der Waals surface area contributed by atoms with Gasteiger partial charge in [0.25, 0.3) is 5.91 Å². The van der Waals surface area contributed by atoms with E-state index in [2.05, 4.69) is 39.4 Å². The first-order valence-corrected chi connectivity index (χ1v) is 7.08. The number of nitrogens with one attached hydrogen (secondary N) is 1. The van der Waals surface area contributed by atoms with Gasteiger partial charge in [0.1, 0.15) is 5.69 Å². The number of nitrogen functional groups attached to an aromatic ring is 1. The van der Waals surface area contributed by atoms with Gasteiger partial charge in [0, 0.05) is 32.7 Å². The predicted octanol–water partition coefficient (Wildman–Crippen LogP) is 0.950. The van der Waals surface area contributed by atoms with Gasteiger partial charge < -0.3 is 10.6 Å². The van der Waals surface area contributed by atoms with Crippen LogP contribution in [0.5, 0.6) is 0 Å². The van der Waals surface area contributed by atoms with Crippen molar-refractivity contribution in [2.45, 2.75) is 6.54 Å². The molecule has 1 aliphatic heterocycles. The molecule has 6 nitrogen and oxygen atoms in total. The molecule has 6 heteroatoms. The van der Waals surface area contributed by atoms with Crippen LogP contribution in [-0.2, 0) is 6.54 Å². The second kappa shape index (κ2) is 5.97. The summed E-state index contributed by atoms with van der Waals surface area (Å²) in [7, 11) is 0. The van der Waals surface area contributed by atoms with E-state index in [1.807, 2.05) is 11.0 Å². The molecule has 0 radical (unpaired) electrons. The lowest BCUT2D eigenvalue weighted by molar-refractivity contribution is 0.0623. The quantitative estimate of drug-likeness (QED) is 0.880. The first kappa shape index (κ1) is 13.6. The predicted molar refractivity (Wildman–Crippen MR) is 80.6 cm³/mol. The van der Waals surface area contributed by atoms with Crippen LogP contribution < -0.4 is 5.73 Å². The fourth-order valence-electron chi connectivity index (χ4n) is 2.58. The molecule has 110 valence electrons. The molecule has 3 N–H and O–H groups in total. The van der Waals surface area contributed by atoms with Crippen LogP contribution in [0.15, 0.2) is 36.5 Å². The molecule has 1 fully saturated rings. The van der Waals surface area contributed by atoms with E-state index in [0.29, 0.717) is 24.5 Å². The minimum Gasteiger partial charge on any atom is -0.396 e. The number of aromatic amines is 1. The number of H-pyrrole nitrogens is 1. The molecule has 3 rings (SSSR count). The van der Waals surface area contributed by atoms with Gasteiger partial charge in [-0.1, -0.05) is 30.3 Å². The second-order valence-electron chi connectivity index (χ2n) is 5.25. The maximum absolute atomic E-state index is 12.3. The first-order valence-electron chi connectivity index (χ1n) is 7.08. The van der Waals surface area contributed by atoms with Gasteiger partial charge in [-0.25, -0.2) is 0 Å². The summed E-state index contributed by atoms with van der Waals surface area (Å²) in [4.78, 5) is 16.5. The maximum atomic E-state index is 12.3. The average Bonchev–Trinajstić information content (AvgIpc) is 2.94. The lowest BCUT2D eigenvalue weighted by Gasteiger charge is -2.34. The summed E-state index contributed by atoms with van der Waals surface area (Å²) in [6.07, 6.45) is 1.47. The van der Waals surface area contributed by atoms with Gasteiger partial charge in [0.05, 0.1) is 11.9 Å². The van der Waals surface area contributed by atoms with E-state index >= 15 is 0 Å². The molecule has 21 heavy (non-hydrogen) atoms. The summed E-state index contributed by atoms with van der Waals surface area (Å²) in [6.45, 7) is 4.09. The number of carbonyl (C=O) groups excluding carboxylic acids is 1. The number of benzene rings is 1. The summed E-state index contributed by atoms with van der Waals surface area (Å²) in [6, 6.07) is 10.4. The zero-order valence-corrected chi connectivity index (χ0v) is 11.8. The van der Waals surface area contributed by atoms with Gasteiger partial charge in [-0.3, -0.25) is 14.8 Å². The molecule has 2 aromatic rings. The number of anilines is 1. The number of nitrogens with zero attached hydrogens (tertiary/aromatic N) is 3. The van der Waals surface area contributed by atoms with Gasteiger partial charge in [-0.15, -0.1) is 0 Å². The van der Waals surface area contributed by atoms with Crippen LogP contribution >= 0.6 is 0 Å². The fourth-order valence-corrected chi connectivity index (χ4v) is 2.58. The summed E-state index contributed by atoms with van der Waals surface area (Å²) in [5, 5.41) is 6.47. The molecule has 0 spiro atoms. The van der Waals surface area contributed by atoms with E-state index in [-0.39, 0.29) is 5.91 Å². The normalized spacial score (nSPS) is 16.1. The Kier molecular flexibility index (Phi) is 3.87. The lowest BCUT2D eigenvalue weighted by Crippen LogP contribution is -2.48. The number of piperazine rings is 1. The number of amides is 1. The molecule has 1 amide bonds. The van der Waals surface area contributed by atoms with Crippen molar-refractivity contribution in [2.75, 3.05) is 31.9 Å². The molecular formula is C15H19N5O. The highest BCUT2D eigenvalue weighted by Crippen LogP contribution is 2.13. The van der Waals surface area contributed by atoms with Crippen molar-refractivity contribution in [1.82, 2.24) is 20.0 Å². The highest BCUT2D eigenvalue weighted by Gasteiger charge is 2.24. The smallest absolute Gasteiger partial charge is 0.274 e. The van der Waals surface area contributed by atoms with Crippen LogP contribution in [0.2, 0.25) is 0 Å². The summed E-state index contributed by atoms with van der Waals surface area (Å²) in [5.74, 6) is -0.0654. The molecule has 0 aliphatic carbocycles. The third-order valence-electron chi connectivity index (χ3n) is 3.79. The molecule has 1 saturated heterocycles. The maximum Gasteiger partial charge on any atom is 0.274 e. The van der Waals surface area contributed by atoms with Gasteiger partial charge in [-0.2, -0.15) is 5.10 Å². The fraction of sp³-hybridized carbons (Fsp3) is 0.333. The van der Waals surface area contributed by atoms with Crippen LogP contribution in [-0.4, -0.2) is 52.1 Å². The number of hydrogen-bond donors (Lipinski definition) is 2. The highest BCUT2D eigenvalue weighted by atomic mass is 16.2. The largest absolute Gasteiger partial charge is 0.396 e. The lowest BCUT2D eigenvalue weighted by atomic mass is 10.2. The Labute approximate surface area is 123 Å². The summed E-state index contributed by atoms with van der Waals surface area (Å²) < 4.78 is 0. The molecule has 1 aromatic carbocycles. The van der Waals surface area contributed by atoms with E-state index < -0.39 is 0 Å². The highest BCUT2D eigenvalue weighted by molar-refractivity contribution is 5.97. The third kappa shape index (κ3) is 3.05. The Balaban J connectivity index is 1.56. The van der Waals surface area contributed by atoms with Crippen LogP contribution in [0.4, 0.5) is 5.69 Å². The third-order valence-corrected chi connectivity index (χ3v) is 3.79. The minimum atomic E-state index is -0.0654. The SMILES string of the molecule is Nc1cn[nH]c1C(=O)N1CCN(Cc2ccccc2)CC1. The van der Waals surface area contributed by atoms with Gasteiger partial charge in [-0.05, 0) is 5.56 Å². The van der Waals surface area contributed by atoms with Crippen molar-refractivity contribution in [1.29, 1.82) is 0 Å². The van der Waals surface area contributed by atoms with Crippen molar-refractivity contribution in [3.63, 3.8) is 0 Å². The zero-order chi connectivity index (χ0) is 14.7. The number of nitrogens with two attached hydrogens (primary N) is 1. The van der Waals surface area contributed by atoms with Gasteiger partial charge in [0.2, 0.25) is 0 Å². The molecule has 0 atom stereocenters. The van der Waals surface area contributed by atoms with Gasteiger partial charge in [0.15, 0.2) is 0 Å². The van der Waals surface area contributed by atoms with E-state index in [0.717, 1.165) is 19.6 Å². The minimum absolute atomic E-state index is 0.0654. The first-order chi connectivity index (χ1) is 10.2. The number of aromatic nitrogens is 2. The number of carbonyl (C=O) groups is 1. The van der Waals surface area contributed by atoms with Crippen molar-refractivity contribution < 1.29 is 4.79 Å². The van der Waals surface area contributed by atoms with Gasteiger partial charge >= 0.3 is 0 Å². The van der Waals surface area contributed by atoms with E-state index in [1.54, 1.807) is 0 Å². The van der Waals surface area contributed by atoms with Crippen molar-refractivity contribution in [3.8, 4) is 0 Å². The van der Waals surface area contributed by atoms with Crippen molar-refractivity contribution in [3.05, 3.63) is 47.8 Å². The molecule has 1 aromatic heterocycles. The van der Waals surface area contributed by atoms with Crippen molar-refractivity contribution >= 4 is 11.6 Å². The van der Waals surface area contributed by atoms with E-state index in [9.17, 15) is 4.79 Å². The molecule has 0 bridgehead atoms. The topological polar surface area (TPSA) is 78.2 Å². The summed E-state index contributed by atoms with van der Waals surface area (Å²) >= 11 is 0. The van der Waals surface area contributed by atoms with Crippen LogP contribution in [0, 0.1) is 0 Å². The molecule has 1 aliphatic rings. The van der Waals surface area contributed by atoms with E-state index in [4.69, 9.17) is 5.73 Å². The average molecular weight is 285 g/mol. The number of hydrogen-bond acceptors (Lipinski definition) is 4. The molecule has 0 saturated carbocycles. The summed E-state index contributed by atoms with van der Waals surface area (Å²) in [5.41, 5.74) is 7.83. The van der Waals surface area contributed by atoms with E-state index in [1.165, 1.54) is 11.8 Å². The Morgan fingerprint density at radius 1 is 1.19 bits per heavy atom. The molecule has 0 unspecified atom stereocenters. The monoisotopic (exact) mass is 285 g/mol. The zero-order valence-electron chi connectivity index (χ0n) is 11.8. The van der Waals surface area contributed by atoms with Crippen molar-refractivity contribution in [2.24, 2.45) is 0 Å².